The van der Waals surface area contributed by atoms with Crippen molar-refractivity contribution >= 4 is 11.8 Å². The molecule has 1 aliphatic carbocycles. The molecule has 4 nitrogen and oxygen atoms in total. The highest BCUT2D eigenvalue weighted by Gasteiger charge is 2.42. The molecule has 1 aliphatic rings. The molecule has 0 radical (unpaired) electrons. The molecule has 1 saturated carbocycles. The highest BCUT2D eigenvalue weighted by atomic mass is 19.1. The third-order valence-corrected chi connectivity index (χ3v) is 3.80. The quantitative estimate of drug-likeness (QED) is 0.606. The van der Waals surface area contributed by atoms with Gasteiger partial charge in [0.05, 0.1) is 13.3 Å². The van der Waals surface area contributed by atoms with Crippen molar-refractivity contribution < 1.29 is 18.7 Å². The van der Waals surface area contributed by atoms with E-state index in [0.29, 0.717) is 25.0 Å². The summed E-state index contributed by atoms with van der Waals surface area (Å²) in [4.78, 5) is 27.5. The van der Waals surface area contributed by atoms with Gasteiger partial charge in [0.2, 0.25) is 0 Å². The molecule has 1 aromatic rings. The molecule has 0 aliphatic heterocycles. The van der Waals surface area contributed by atoms with Gasteiger partial charge in [-0.25, -0.2) is 4.39 Å². The summed E-state index contributed by atoms with van der Waals surface area (Å²) in [6.07, 6.45) is 2.44. The average Bonchev–Trinajstić information content (AvgIpc) is 2.41. The highest BCUT2D eigenvalue weighted by Crippen LogP contribution is 2.39. The highest BCUT2D eigenvalue weighted by molar-refractivity contribution is 5.99. The topological polar surface area (TPSA) is 56.3 Å². The van der Waals surface area contributed by atoms with Gasteiger partial charge in [-0.2, -0.15) is 0 Å². The first-order valence-electron chi connectivity index (χ1n) is 6.19. The number of halogens is 1. The van der Waals surface area contributed by atoms with Gasteiger partial charge in [0.15, 0.2) is 0 Å². The summed E-state index contributed by atoms with van der Waals surface area (Å²) in [5.41, 5.74) is 0.302. The lowest BCUT2D eigenvalue weighted by Crippen LogP contribution is -2.39. The number of carbonyl (C=O) groups is 2. The number of Topliss-reactive ketones (excluding diaryl/α,β-unsaturated/α-hetero) is 1. The van der Waals surface area contributed by atoms with Crippen LogP contribution in [0.15, 0.2) is 18.3 Å². The van der Waals surface area contributed by atoms with Crippen LogP contribution in [-0.2, 0) is 19.7 Å². The molecule has 1 heterocycles. The monoisotopic (exact) mass is 265 g/mol. The number of ketones is 1. The van der Waals surface area contributed by atoms with Crippen LogP contribution in [0.4, 0.5) is 4.39 Å². The fraction of sp³-hybridized carbons (Fsp3) is 0.500. The second-order valence-electron chi connectivity index (χ2n) is 5.17. The van der Waals surface area contributed by atoms with Crippen molar-refractivity contribution in [3.8, 4) is 0 Å². The van der Waals surface area contributed by atoms with Gasteiger partial charge in [0.25, 0.3) is 0 Å². The average molecular weight is 265 g/mol. The molecule has 102 valence electrons. The Kier molecular flexibility index (Phi) is 3.64. The molecule has 1 aromatic heterocycles. The molecule has 19 heavy (non-hydrogen) atoms. The standard InChI is InChI=1S/C14H16FNO3/c1-14(12-4-3-9(15)8-16-12)6-5-11(17)10(7-14)13(18)19-2/h3-4,8,10H,5-7H2,1-2H3. The van der Waals surface area contributed by atoms with Crippen LogP contribution in [-0.4, -0.2) is 23.8 Å². The normalized spacial score (nSPS) is 27.1. The largest absolute Gasteiger partial charge is 0.468 e. The second-order valence-corrected chi connectivity index (χ2v) is 5.17. The summed E-state index contributed by atoms with van der Waals surface area (Å²) in [5, 5.41) is 0. The fourth-order valence-electron chi connectivity index (χ4n) is 2.56. The van der Waals surface area contributed by atoms with Gasteiger partial charge >= 0.3 is 5.97 Å². The van der Waals surface area contributed by atoms with Gasteiger partial charge in [0, 0.05) is 17.5 Å². The molecule has 2 atom stereocenters. The van der Waals surface area contributed by atoms with E-state index < -0.39 is 23.1 Å². The molecule has 0 N–H and O–H groups in total. The van der Waals surface area contributed by atoms with Crippen LogP contribution in [0, 0.1) is 11.7 Å². The molecule has 5 heteroatoms. The number of carbonyl (C=O) groups excluding carboxylic acids is 2. The van der Waals surface area contributed by atoms with E-state index in [-0.39, 0.29) is 5.78 Å². The summed E-state index contributed by atoms with van der Waals surface area (Å²) in [6, 6.07) is 2.95. The van der Waals surface area contributed by atoms with Crippen molar-refractivity contribution in [1.82, 2.24) is 4.98 Å². The zero-order valence-corrected chi connectivity index (χ0v) is 11.0. The smallest absolute Gasteiger partial charge is 0.316 e. The predicted octanol–water partition coefficient (Wildman–Crippen LogP) is 2.02. The number of esters is 1. The number of pyridine rings is 1. The third-order valence-electron chi connectivity index (χ3n) is 3.80. The Morgan fingerprint density at radius 3 is 2.84 bits per heavy atom. The zero-order chi connectivity index (χ0) is 14.0. The van der Waals surface area contributed by atoms with Crippen LogP contribution in [0.3, 0.4) is 0 Å². The second kappa shape index (κ2) is 5.07. The number of rotatable bonds is 2. The fourth-order valence-corrected chi connectivity index (χ4v) is 2.56. The molecule has 0 amide bonds. The minimum Gasteiger partial charge on any atom is -0.468 e. The van der Waals surface area contributed by atoms with Crippen LogP contribution in [0.1, 0.15) is 31.9 Å². The zero-order valence-electron chi connectivity index (χ0n) is 11.0. The summed E-state index contributed by atoms with van der Waals surface area (Å²) < 4.78 is 17.6. The van der Waals surface area contributed by atoms with E-state index in [1.807, 2.05) is 6.92 Å². The first-order valence-corrected chi connectivity index (χ1v) is 6.19. The molecule has 2 unspecified atom stereocenters. The van der Waals surface area contributed by atoms with Crippen LogP contribution in [0.2, 0.25) is 0 Å². The Morgan fingerprint density at radius 1 is 1.53 bits per heavy atom. The van der Waals surface area contributed by atoms with Gasteiger partial charge in [-0.15, -0.1) is 0 Å². The van der Waals surface area contributed by atoms with E-state index in [1.54, 1.807) is 6.07 Å². The number of hydrogen-bond acceptors (Lipinski definition) is 4. The summed E-state index contributed by atoms with van der Waals surface area (Å²) in [7, 11) is 1.28. The van der Waals surface area contributed by atoms with E-state index in [0.717, 1.165) is 6.20 Å². The van der Waals surface area contributed by atoms with Crippen LogP contribution < -0.4 is 0 Å². The SMILES string of the molecule is COC(=O)C1CC(C)(c2ccc(F)cn2)CCC1=O. The lowest BCUT2D eigenvalue weighted by molar-refractivity contribution is -0.151. The van der Waals surface area contributed by atoms with Gasteiger partial charge in [0.1, 0.15) is 17.5 Å². The van der Waals surface area contributed by atoms with Crippen LogP contribution in [0.5, 0.6) is 0 Å². The van der Waals surface area contributed by atoms with Crippen LogP contribution in [0.25, 0.3) is 0 Å². The molecular formula is C14H16FNO3. The molecule has 0 saturated heterocycles. The minimum absolute atomic E-state index is 0.0913. The summed E-state index contributed by atoms with van der Waals surface area (Å²) in [5.74, 6) is -1.73. The van der Waals surface area contributed by atoms with Crippen molar-refractivity contribution in [2.45, 2.75) is 31.6 Å². The first kappa shape index (κ1) is 13.6. The van der Waals surface area contributed by atoms with Crippen molar-refractivity contribution in [1.29, 1.82) is 0 Å². The maximum absolute atomic E-state index is 12.9. The van der Waals surface area contributed by atoms with Gasteiger partial charge in [-0.1, -0.05) is 6.92 Å². The molecule has 0 aromatic carbocycles. The van der Waals surface area contributed by atoms with Crippen molar-refractivity contribution in [2.24, 2.45) is 5.92 Å². The number of hydrogen-bond donors (Lipinski definition) is 0. The predicted molar refractivity (Wildman–Crippen MR) is 65.9 cm³/mol. The molecule has 0 bridgehead atoms. The summed E-state index contributed by atoms with van der Waals surface area (Å²) in [6.45, 7) is 1.94. The Bertz CT molecular complexity index is 492. The molecule has 2 rings (SSSR count). The van der Waals surface area contributed by atoms with Gasteiger partial charge < -0.3 is 4.74 Å². The van der Waals surface area contributed by atoms with Crippen molar-refractivity contribution in [2.75, 3.05) is 7.11 Å². The first-order chi connectivity index (χ1) is 8.96. The number of nitrogens with zero attached hydrogens (tertiary/aromatic N) is 1. The molecule has 1 fully saturated rings. The van der Waals surface area contributed by atoms with Crippen molar-refractivity contribution in [3.63, 3.8) is 0 Å². The number of methoxy groups -OCH3 is 1. The Morgan fingerprint density at radius 2 is 2.26 bits per heavy atom. The third kappa shape index (κ3) is 2.64. The van der Waals surface area contributed by atoms with E-state index >= 15 is 0 Å². The van der Waals surface area contributed by atoms with Gasteiger partial charge in [-0.05, 0) is 25.0 Å². The lowest BCUT2D eigenvalue weighted by Gasteiger charge is -2.35. The van der Waals surface area contributed by atoms with E-state index in [2.05, 4.69) is 9.72 Å². The Labute approximate surface area is 111 Å². The maximum atomic E-state index is 12.9. The van der Waals surface area contributed by atoms with E-state index in [9.17, 15) is 14.0 Å². The Balaban J connectivity index is 2.26. The van der Waals surface area contributed by atoms with Crippen LogP contribution >= 0.6 is 0 Å². The minimum atomic E-state index is -0.740. The van der Waals surface area contributed by atoms with Gasteiger partial charge in [-0.3, -0.25) is 14.6 Å². The van der Waals surface area contributed by atoms with E-state index in [1.165, 1.54) is 13.2 Å². The number of ether oxygens (including phenoxy) is 1. The lowest BCUT2D eigenvalue weighted by atomic mass is 9.68. The van der Waals surface area contributed by atoms with Crippen molar-refractivity contribution in [3.05, 3.63) is 29.8 Å². The maximum Gasteiger partial charge on any atom is 0.316 e. The summed E-state index contributed by atoms with van der Waals surface area (Å²) >= 11 is 0. The number of aromatic nitrogens is 1. The molecular weight excluding hydrogens is 249 g/mol. The molecule has 0 spiro atoms. The van der Waals surface area contributed by atoms with E-state index in [4.69, 9.17) is 0 Å². The Hall–Kier alpha value is -1.78.